The second-order valence-electron chi connectivity index (χ2n) is 5.59. The molecule has 2 heterocycles. The van der Waals surface area contributed by atoms with Crippen LogP contribution in [0.5, 0.6) is 0 Å². The summed E-state index contributed by atoms with van der Waals surface area (Å²) in [4.78, 5) is 29.4. The maximum Gasteiger partial charge on any atom is 0.325 e. The molecule has 3 rings (SSSR count). The molecule has 9 heteroatoms. The number of nitrogens with one attached hydrogen (secondary N) is 3. The number of carbonyl (C=O) groups excluding carboxylic acids is 2. The molecule has 3 N–H and O–H groups in total. The number of thiazole rings is 1. The van der Waals surface area contributed by atoms with Gasteiger partial charge in [0.25, 0.3) is 0 Å². The Kier molecular flexibility index (Phi) is 6.80. The van der Waals surface area contributed by atoms with Gasteiger partial charge in [-0.1, -0.05) is 23.7 Å². The van der Waals surface area contributed by atoms with E-state index < -0.39 is 6.03 Å². The van der Waals surface area contributed by atoms with Gasteiger partial charge in [0.2, 0.25) is 5.91 Å². The van der Waals surface area contributed by atoms with Gasteiger partial charge in [-0.15, -0.1) is 22.7 Å². The lowest BCUT2D eigenvalue weighted by molar-refractivity contribution is -0.121. The highest BCUT2D eigenvalue weighted by Crippen LogP contribution is 2.18. The van der Waals surface area contributed by atoms with Crippen molar-refractivity contribution < 1.29 is 9.59 Å². The molecule has 3 aromatic rings. The van der Waals surface area contributed by atoms with Crippen molar-refractivity contribution in [2.24, 2.45) is 0 Å². The van der Waals surface area contributed by atoms with E-state index in [1.807, 2.05) is 22.9 Å². The Labute approximate surface area is 169 Å². The van der Waals surface area contributed by atoms with E-state index in [-0.39, 0.29) is 5.91 Å². The number of anilines is 2. The number of thiophene rings is 1. The number of hydrogen-bond acceptors (Lipinski definition) is 5. The topological polar surface area (TPSA) is 83.1 Å². The number of hydrogen-bond donors (Lipinski definition) is 3. The first-order valence-electron chi connectivity index (χ1n) is 8.15. The van der Waals surface area contributed by atoms with E-state index in [9.17, 15) is 9.59 Å². The molecular formula is C18H17ClN4O2S2. The molecule has 1 aromatic carbocycles. The highest BCUT2D eigenvalue weighted by Gasteiger charge is 2.09. The summed E-state index contributed by atoms with van der Waals surface area (Å²) < 4.78 is 0. The summed E-state index contributed by atoms with van der Waals surface area (Å²) >= 11 is 8.82. The van der Waals surface area contributed by atoms with Crippen molar-refractivity contribution in [1.82, 2.24) is 10.3 Å². The predicted molar refractivity (Wildman–Crippen MR) is 111 cm³/mol. The number of nitrogens with zero attached hydrogens (tertiary/aromatic N) is 1. The lowest BCUT2D eigenvalue weighted by atomic mass is 10.2. The zero-order valence-corrected chi connectivity index (χ0v) is 16.6. The normalized spacial score (nSPS) is 10.4. The average Bonchev–Trinajstić information content (AvgIpc) is 3.30. The van der Waals surface area contributed by atoms with Gasteiger partial charge in [0.15, 0.2) is 5.13 Å². The first-order valence-corrected chi connectivity index (χ1v) is 10.3. The van der Waals surface area contributed by atoms with Gasteiger partial charge in [-0.05, 0) is 36.1 Å². The highest BCUT2D eigenvalue weighted by molar-refractivity contribution is 7.14. The molecule has 6 nitrogen and oxygen atoms in total. The summed E-state index contributed by atoms with van der Waals surface area (Å²) in [5, 5.41) is 13.1. The molecule has 0 saturated carbocycles. The molecule has 0 aliphatic rings. The number of amides is 3. The van der Waals surface area contributed by atoms with E-state index in [1.54, 1.807) is 35.6 Å². The molecule has 0 bridgehead atoms. The molecule has 0 unspecified atom stereocenters. The average molecular weight is 421 g/mol. The molecule has 0 aliphatic carbocycles. The van der Waals surface area contributed by atoms with Crippen LogP contribution in [0.25, 0.3) is 0 Å². The third-order valence-electron chi connectivity index (χ3n) is 3.50. The SMILES string of the molecule is O=C(CCc1csc(NC(=O)Nc2cccc(Cl)c2)n1)NCc1cccs1. The summed E-state index contributed by atoms with van der Waals surface area (Å²) in [6.07, 6.45) is 0.869. The predicted octanol–water partition coefficient (Wildman–Crippen LogP) is 4.75. The van der Waals surface area contributed by atoms with Gasteiger partial charge >= 0.3 is 6.03 Å². The molecule has 0 spiro atoms. The highest BCUT2D eigenvalue weighted by atomic mass is 35.5. The smallest absolute Gasteiger partial charge is 0.325 e. The maximum absolute atomic E-state index is 12.0. The number of halogens is 1. The van der Waals surface area contributed by atoms with Gasteiger partial charge < -0.3 is 10.6 Å². The van der Waals surface area contributed by atoms with Gasteiger partial charge in [0, 0.05) is 27.4 Å². The van der Waals surface area contributed by atoms with E-state index in [2.05, 4.69) is 20.9 Å². The second-order valence-corrected chi connectivity index (χ2v) is 7.92. The molecule has 0 fully saturated rings. The first kappa shape index (κ1) is 19.3. The Morgan fingerprint density at radius 1 is 1.11 bits per heavy atom. The van der Waals surface area contributed by atoms with E-state index in [1.165, 1.54) is 11.3 Å². The Morgan fingerprint density at radius 3 is 2.78 bits per heavy atom. The second kappa shape index (κ2) is 9.50. The molecule has 140 valence electrons. The molecule has 0 radical (unpaired) electrons. The quantitative estimate of drug-likeness (QED) is 0.515. The van der Waals surface area contributed by atoms with Gasteiger partial charge in [-0.3, -0.25) is 10.1 Å². The fourth-order valence-corrected chi connectivity index (χ4v) is 3.81. The van der Waals surface area contributed by atoms with Crippen molar-refractivity contribution in [2.75, 3.05) is 10.6 Å². The van der Waals surface area contributed by atoms with E-state index in [0.29, 0.717) is 35.2 Å². The van der Waals surface area contributed by atoms with Crippen molar-refractivity contribution in [3.05, 3.63) is 62.8 Å². The van der Waals surface area contributed by atoms with Gasteiger partial charge in [0.05, 0.1) is 12.2 Å². The van der Waals surface area contributed by atoms with Crippen molar-refractivity contribution >= 4 is 57.0 Å². The van der Waals surface area contributed by atoms with Gasteiger partial charge in [0.1, 0.15) is 0 Å². The maximum atomic E-state index is 12.0. The lowest BCUT2D eigenvalue weighted by Gasteiger charge is -2.05. The third kappa shape index (κ3) is 6.35. The fraction of sp³-hybridized carbons (Fsp3) is 0.167. The van der Waals surface area contributed by atoms with Crippen LogP contribution < -0.4 is 16.0 Å². The van der Waals surface area contributed by atoms with E-state index in [4.69, 9.17) is 11.6 Å². The van der Waals surface area contributed by atoms with Crippen LogP contribution in [0.3, 0.4) is 0 Å². The van der Waals surface area contributed by atoms with E-state index in [0.717, 1.165) is 10.6 Å². The van der Waals surface area contributed by atoms with Crippen molar-refractivity contribution in [1.29, 1.82) is 0 Å². The van der Waals surface area contributed by atoms with Gasteiger partial charge in [-0.2, -0.15) is 0 Å². The minimum absolute atomic E-state index is 0.0235. The van der Waals surface area contributed by atoms with Crippen LogP contribution in [0.4, 0.5) is 15.6 Å². The first-order chi connectivity index (χ1) is 13.1. The van der Waals surface area contributed by atoms with Crippen molar-refractivity contribution in [3.8, 4) is 0 Å². The Hall–Kier alpha value is -2.42. The Balaban J connectivity index is 1.42. The van der Waals surface area contributed by atoms with Crippen LogP contribution in [0.2, 0.25) is 5.02 Å². The molecular weight excluding hydrogens is 404 g/mol. The van der Waals surface area contributed by atoms with Crippen LogP contribution >= 0.6 is 34.3 Å². The summed E-state index contributed by atoms with van der Waals surface area (Å²) in [5.41, 5.74) is 1.36. The van der Waals surface area contributed by atoms with Crippen LogP contribution in [0.15, 0.2) is 47.2 Å². The number of aryl methyl sites for hydroxylation is 1. The van der Waals surface area contributed by atoms with Crippen LogP contribution in [-0.2, 0) is 17.8 Å². The Morgan fingerprint density at radius 2 is 2.00 bits per heavy atom. The van der Waals surface area contributed by atoms with Crippen molar-refractivity contribution in [3.63, 3.8) is 0 Å². The molecule has 27 heavy (non-hydrogen) atoms. The van der Waals surface area contributed by atoms with Crippen molar-refractivity contribution in [2.45, 2.75) is 19.4 Å². The molecule has 0 aliphatic heterocycles. The number of carbonyl (C=O) groups is 2. The molecule has 2 aromatic heterocycles. The number of aromatic nitrogens is 1. The minimum Gasteiger partial charge on any atom is -0.351 e. The lowest BCUT2D eigenvalue weighted by Crippen LogP contribution is -2.22. The summed E-state index contributed by atoms with van der Waals surface area (Å²) in [7, 11) is 0. The zero-order valence-electron chi connectivity index (χ0n) is 14.2. The number of benzene rings is 1. The van der Waals surface area contributed by atoms with Crippen LogP contribution in [-0.4, -0.2) is 16.9 Å². The Bertz CT molecular complexity index is 912. The fourth-order valence-electron chi connectivity index (χ4n) is 2.23. The van der Waals surface area contributed by atoms with E-state index >= 15 is 0 Å². The molecule has 0 saturated heterocycles. The monoisotopic (exact) mass is 420 g/mol. The van der Waals surface area contributed by atoms with Gasteiger partial charge in [-0.25, -0.2) is 9.78 Å². The number of rotatable bonds is 7. The largest absolute Gasteiger partial charge is 0.351 e. The zero-order chi connectivity index (χ0) is 19.1. The van der Waals surface area contributed by atoms with Crippen LogP contribution in [0, 0.1) is 0 Å². The third-order valence-corrected chi connectivity index (χ3v) is 5.42. The summed E-state index contributed by atoms with van der Waals surface area (Å²) in [6, 6.07) is 10.4. The van der Waals surface area contributed by atoms with Crippen LogP contribution in [0.1, 0.15) is 17.0 Å². The summed E-state index contributed by atoms with van der Waals surface area (Å²) in [6.45, 7) is 0.546. The summed E-state index contributed by atoms with van der Waals surface area (Å²) in [5.74, 6) is -0.0235. The molecule has 0 atom stereocenters. The minimum atomic E-state index is -0.396. The standard InChI is InChI=1S/C18H17ClN4O2S2/c19-12-3-1-4-13(9-12)21-17(25)23-18-22-14(11-27-18)6-7-16(24)20-10-15-5-2-8-26-15/h1-5,8-9,11H,6-7,10H2,(H,20,24)(H2,21,22,23,25). The molecule has 3 amide bonds. The number of urea groups is 1.